The van der Waals surface area contributed by atoms with E-state index in [4.69, 9.17) is 9.57 Å². The van der Waals surface area contributed by atoms with Gasteiger partial charge in [0.15, 0.2) is 5.82 Å². The lowest BCUT2D eigenvalue weighted by Gasteiger charge is -2.26. The summed E-state index contributed by atoms with van der Waals surface area (Å²) in [5.41, 5.74) is 0.432. The summed E-state index contributed by atoms with van der Waals surface area (Å²) in [5.74, 6) is -0.320. The molecular weight excluding hydrogens is 413 g/mol. The zero-order chi connectivity index (χ0) is 21.8. The van der Waals surface area contributed by atoms with Crippen LogP contribution in [0.15, 0.2) is 48.9 Å². The predicted molar refractivity (Wildman–Crippen MR) is 107 cm³/mol. The van der Waals surface area contributed by atoms with Crippen LogP contribution < -0.4 is 10.4 Å². The molecule has 1 aliphatic rings. The third-order valence-corrected chi connectivity index (χ3v) is 4.79. The van der Waals surface area contributed by atoms with Crippen molar-refractivity contribution in [3.8, 4) is 0 Å². The minimum Gasteiger partial charge on any atom is -0.383 e. The van der Waals surface area contributed by atoms with Gasteiger partial charge in [0.25, 0.3) is 0 Å². The van der Waals surface area contributed by atoms with Crippen LogP contribution in [0.3, 0.4) is 0 Å². The van der Waals surface area contributed by atoms with E-state index in [0.717, 1.165) is 11.8 Å². The van der Waals surface area contributed by atoms with Gasteiger partial charge in [-0.15, -0.1) is 0 Å². The Labute approximate surface area is 176 Å². The van der Waals surface area contributed by atoms with E-state index in [2.05, 4.69) is 20.4 Å². The Balaban J connectivity index is 1.64. The molecule has 0 aliphatic carbocycles. The third-order valence-electron chi connectivity index (χ3n) is 4.79. The molecule has 1 saturated heterocycles. The normalized spacial score (nSPS) is 16.6. The van der Waals surface area contributed by atoms with Gasteiger partial charge in [0.1, 0.15) is 5.56 Å². The van der Waals surface area contributed by atoms with Crippen LogP contribution in [-0.2, 0) is 22.3 Å². The topological polar surface area (TPSA) is 77.3 Å². The Kier molecular flexibility index (Phi) is 6.05. The van der Waals surface area contributed by atoms with Crippen molar-refractivity contribution in [3.05, 3.63) is 60.0 Å². The Bertz CT molecular complexity index is 1010. The lowest BCUT2D eigenvalue weighted by atomic mass is 10.0. The van der Waals surface area contributed by atoms with Gasteiger partial charge in [0.05, 0.1) is 37.7 Å². The van der Waals surface area contributed by atoms with Gasteiger partial charge < -0.3 is 10.1 Å². The molecule has 0 amide bonds. The summed E-state index contributed by atoms with van der Waals surface area (Å²) in [6, 6.07) is 8.85. The Morgan fingerprint density at radius 1 is 1.23 bits per heavy atom. The lowest BCUT2D eigenvalue weighted by molar-refractivity contribution is -0.138. The van der Waals surface area contributed by atoms with E-state index in [1.807, 2.05) is 30.3 Å². The van der Waals surface area contributed by atoms with Crippen LogP contribution in [0, 0.1) is 0 Å². The maximum atomic E-state index is 13.7. The van der Waals surface area contributed by atoms with Crippen molar-refractivity contribution in [2.45, 2.75) is 25.2 Å². The minimum absolute atomic E-state index is 0.0107. The van der Waals surface area contributed by atoms with Crippen molar-refractivity contribution in [1.29, 1.82) is 0 Å². The highest BCUT2D eigenvalue weighted by atomic mass is 19.4. The molecular formula is C20H21F3N6O2. The molecule has 8 nitrogen and oxygen atoms in total. The first-order valence-corrected chi connectivity index (χ1v) is 9.65. The molecule has 31 heavy (non-hydrogen) atoms. The van der Waals surface area contributed by atoms with E-state index in [9.17, 15) is 13.2 Å². The molecule has 4 rings (SSSR count). The SMILES string of the molecule is COCCn1cc(Nc2ncc(C(F)(F)F)c(N3OCC[C@H]3c3ccccc3)n2)cn1. The molecule has 0 radical (unpaired) electrons. The summed E-state index contributed by atoms with van der Waals surface area (Å²) in [4.78, 5) is 13.6. The highest BCUT2D eigenvalue weighted by Crippen LogP contribution is 2.41. The predicted octanol–water partition coefficient (Wildman–Crippen LogP) is 3.96. The van der Waals surface area contributed by atoms with Crippen molar-refractivity contribution < 1.29 is 22.7 Å². The summed E-state index contributed by atoms with van der Waals surface area (Å²) in [6.07, 6.45) is -0.0927. The number of alkyl halides is 3. The number of methoxy groups -OCH3 is 1. The Morgan fingerprint density at radius 2 is 2.03 bits per heavy atom. The van der Waals surface area contributed by atoms with Crippen molar-refractivity contribution in [2.75, 3.05) is 30.7 Å². The summed E-state index contributed by atoms with van der Waals surface area (Å²) in [7, 11) is 1.59. The van der Waals surface area contributed by atoms with E-state index in [1.165, 1.54) is 11.3 Å². The molecule has 3 aromatic rings. The van der Waals surface area contributed by atoms with Gasteiger partial charge in [-0.25, -0.2) is 10.0 Å². The molecule has 0 bridgehead atoms. The first-order chi connectivity index (χ1) is 15.0. The molecule has 1 N–H and O–H groups in total. The molecule has 1 aliphatic heterocycles. The monoisotopic (exact) mass is 434 g/mol. The van der Waals surface area contributed by atoms with Crippen molar-refractivity contribution in [1.82, 2.24) is 19.7 Å². The van der Waals surface area contributed by atoms with Crippen molar-refractivity contribution >= 4 is 17.5 Å². The van der Waals surface area contributed by atoms with E-state index in [-0.39, 0.29) is 24.4 Å². The number of hydroxylamine groups is 1. The fraction of sp³-hybridized carbons (Fsp3) is 0.350. The maximum absolute atomic E-state index is 13.7. The Hall–Kier alpha value is -3.18. The van der Waals surface area contributed by atoms with Crippen molar-refractivity contribution in [3.63, 3.8) is 0 Å². The molecule has 1 aromatic carbocycles. The molecule has 1 atom stereocenters. The zero-order valence-electron chi connectivity index (χ0n) is 16.7. The van der Waals surface area contributed by atoms with Crippen LogP contribution in [-0.4, -0.2) is 40.1 Å². The van der Waals surface area contributed by atoms with Gasteiger partial charge >= 0.3 is 6.18 Å². The van der Waals surface area contributed by atoms with Gasteiger partial charge in [0, 0.05) is 25.9 Å². The van der Waals surface area contributed by atoms with Crippen LogP contribution in [0.5, 0.6) is 0 Å². The first kappa shape index (κ1) is 21.1. The van der Waals surface area contributed by atoms with E-state index in [0.29, 0.717) is 25.3 Å². The molecule has 3 heterocycles. The second-order valence-electron chi connectivity index (χ2n) is 6.91. The molecule has 0 unspecified atom stereocenters. The number of hydrogen-bond acceptors (Lipinski definition) is 7. The fourth-order valence-corrected chi connectivity index (χ4v) is 3.32. The summed E-state index contributed by atoms with van der Waals surface area (Å²) in [6.45, 7) is 1.31. The summed E-state index contributed by atoms with van der Waals surface area (Å²) in [5, 5.41) is 8.29. The summed E-state index contributed by atoms with van der Waals surface area (Å²) < 4.78 is 47.8. The number of rotatable bonds is 7. The number of anilines is 3. The average Bonchev–Trinajstić information content (AvgIpc) is 3.41. The van der Waals surface area contributed by atoms with Crippen LogP contribution in [0.1, 0.15) is 23.6 Å². The number of ether oxygens (including phenoxy) is 1. The number of hydrogen-bond donors (Lipinski definition) is 1. The second-order valence-corrected chi connectivity index (χ2v) is 6.91. The first-order valence-electron chi connectivity index (χ1n) is 9.65. The highest BCUT2D eigenvalue weighted by Gasteiger charge is 2.40. The van der Waals surface area contributed by atoms with Gasteiger partial charge in [0.2, 0.25) is 5.95 Å². The number of nitrogens with one attached hydrogen (secondary N) is 1. The molecule has 1 fully saturated rings. The van der Waals surface area contributed by atoms with E-state index >= 15 is 0 Å². The largest absolute Gasteiger partial charge is 0.421 e. The number of benzene rings is 1. The van der Waals surface area contributed by atoms with E-state index < -0.39 is 11.7 Å². The molecule has 2 aromatic heterocycles. The molecule has 0 spiro atoms. The maximum Gasteiger partial charge on any atom is 0.421 e. The minimum atomic E-state index is -4.63. The average molecular weight is 434 g/mol. The van der Waals surface area contributed by atoms with Crippen LogP contribution >= 0.6 is 0 Å². The van der Waals surface area contributed by atoms with Crippen LogP contribution in [0.4, 0.5) is 30.6 Å². The lowest BCUT2D eigenvalue weighted by Crippen LogP contribution is -2.26. The van der Waals surface area contributed by atoms with E-state index in [1.54, 1.807) is 18.0 Å². The molecule has 11 heteroatoms. The molecule has 164 valence electrons. The molecule has 0 saturated carbocycles. The number of nitrogens with zero attached hydrogens (tertiary/aromatic N) is 5. The fourth-order valence-electron chi connectivity index (χ4n) is 3.32. The zero-order valence-corrected chi connectivity index (χ0v) is 16.7. The Morgan fingerprint density at radius 3 is 2.77 bits per heavy atom. The number of halogens is 3. The van der Waals surface area contributed by atoms with Gasteiger partial charge in [-0.1, -0.05) is 30.3 Å². The van der Waals surface area contributed by atoms with Crippen molar-refractivity contribution in [2.24, 2.45) is 0 Å². The van der Waals surface area contributed by atoms with Gasteiger partial charge in [-0.05, 0) is 5.56 Å². The van der Waals surface area contributed by atoms with Crippen LogP contribution in [0.2, 0.25) is 0 Å². The van der Waals surface area contributed by atoms with Gasteiger partial charge in [-0.3, -0.25) is 9.52 Å². The smallest absolute Gasteiger partial charge is 0.383 e. The highest BCUT2D eigenvalue weighted by molar-refractivity contribution is 5.56. The standard InChI is InChI=1S/C20H21F3N6O2/c1-30-10-8-28-13-15(11-25-28)26-19-24-12-16(20(21,22)23)18(27-19)29-17(7-9-31-29)14-5-3-2-4-6-14/h2-6,11-13,17H,7-10H2,1H3,(H,24,26,27)/t17-/m0/s1. The number of aromatic nitrogens is 4. The second kappa shape index (κ2) is 8.90. The quantitative estimate of drug-likeness (QED) is 0.603. The summed E-state index contributed by atoms with van der Waals surface area (Å²) >= 11 is 0. The van der Waals surface area contributed by atoms with Crippen LogP contribution in [0.25, 0.3) is 0 Å². The van der Waals surface area contributed by atoms with Gasteiger partial charge in [-0.2, -0.15) is 23.3 Å². The third kappa shape index (κ3) is 4.78.